The zero-order chi connectivity index (χ0) is 11.9. The zero-order valence-corrected chi connectivity index (χ0v) is 10.6. The van der Waals surface area contributed by atoms with Gasteiger partial charge in [-0.15, -0.1) is 0 Å². The van der Waals surface area contributed by atoms with Crippen LogP contribution in [0.5, 0.6) is 0 Å². The van der Waals surface area contributed by atoms with Gasteiger partial charge in [0.1, 0.15) is 9.33 Å². The van der Waals surface area contributed by atoms with Crippen LogP contribution in [0.2, 0.25) is 0 Å². The number of hydrogen-bond donors (Lipinski definition) is 1. The monoisotopic (exact) mass is 333 g/mol. The van der Waals surface area contributed by atoms with Crippen LogP contribution in [0.3, 0.4) is 0 Å². The van der Waals surface area contributed by atoms with E-state index in [1.165, 1.54) is 0 Å². The summed E-state index contributed by atoms with van der Waals surface area (Å²) in [6.45, 7) is 1.85. The van der Waals surface area contributed by atoms with Gasteiger partial charge in [-0.25, -0.2) is 4.79 Å². The second-order valence-electron chi connectivity index (χ2n) is 3.39. The van der Waals surface area contributed by atoms with Crippen LogP contribution < -0.4 is 10.9 Å². The highest BCUT2D eigenvalue weighted by molar-refractivity contribution is 14.1. The average Bonchev–Trinajstić information content (AvgIpc) is 2.20. The molecule has 1 N–H and O–H groups in total. The first-order valence-electron chi connectivity index (χ1n) is 4.73. The molecule has 1 aromatic heterocycles. The first-order chi connectivity index (χ1) is 7.54. The summed E-state index contributed by atoms with van der Waals surface area (Å²) in [5, 5.41) is 2.21. The van der Waals surface area contributed by atoms with E-state index in [-0.39, 0.29) is 12.2 Å². The van der Waals surface area contributed by atoms with E-state index in [9.17, 15) is 14.4 Å². The molecule has 84 valence electrons. The van der Waals surface area contributed by atoms with Crippen molar-refractivity contribution in [2.75, 3.05) is 0 Å². The van der Waals surface area contributed by atoms with Gasteiger partial charge in [0.2, 0.25) is 5.91 Å². The van der Waals surface area contributed by atoms with E-state index in [1.54, 1.807) is 0 Å². The third kappa shape index (κ3) is 1.66. The molecule has 0 radical (unpaired) electrons. The van der Waals surface area contributed by atoms with Gasteiger partial charge in [-0.2, -0.15) is 0 Å². The molecule has 1 aliphatic heterocycles. The lowest BCUT2D eigenvalue weighted by atomic mass is 10.0. The molecule has 0 aromatic carbocycles. The fraction of sp³-hybridized carbons (Fsp3) is 0.300. The number of imide groups is 1. The van der Waals surface area contributed by atoms with Crippen LogP contribution in [0, 0.1) is 3.57 Å². The zero-order valence-electron chi connectivity index (χ0n) is 8.43. The largest absolute Gasteiger partial charge is 0.426 e. The smallest absolute Gasteiger partial charge is 0.349 e. The molecule has 2 amide bonds. The predicted molar refractivity (Wildman–Crippen MR) is 63.3 cm³/mol. The summed E-state index contributed by atoms with van der Waals surface area (Å²) in [7, 11) is 0. The second-order valence-corrected chi connectivity index (χ2v) is 4.47. The molecule has 16 heavy (non-hydrogen) atoms. The van der Waals surface area contributed by atoms with Crippen LogP contribution in [-0.4, -0.2) is 11.8 Å². The highest BCUT2D eigenvalue weighted by atomic mass is 127. The molecular formula is C10H8INO4. The number of fused-ring (bicyclic) bond motifs is 1. The highest BCUT2D eigenvalue weighted by Gasteiger charge is 2.29. The number of carbonyl (C=O) groups is 2. The molecule has 0 saturated heterocycles. The van der Waals surface area contributed by atoms with Crippen molar-refractivity contribution >= 4 is 34.4 Å². The SMILES string of the molecule is CCc1c2c(oc(=O)c1I)CC(=O)NC2=O. The van der Waals surface area contributed by atoms with Crippen LogP contribution in [0.4, 0.5) is 0 Å². The molecule has 1 aliphatic rings. The van der Waals surface area contributed by atoms with Gasteiger partial charge in [-0.1, -0.05) is 6.92 Å². The molecule has 0 spiro atoms. The normalized spacial score (nSPS) is 14.6. The van der Waals surface area contributed by atoms with Crippen molar-refractivity contribution in [3.63, 3.8) is 0 Å². The number of rotatable bonds is 1. The van der Waals surface area contributed by atoms with Crippen molar-refractivity contribution in [1.29, 1.82) is 0 Å². The summed E-state index contributed by atoms with van der Waals surface area (Å²) in [5.41, 5.74) is 0.502. The van der Waals surface area contributed by atoms with E-state index in [1.807, 2.05) is 29.5 Å². The number of nitrogens with one attached hydrogen (secondary N) is 1. The summed E-state index contributed by atoms with van der Waals surface area (Å²) in [5.74, 6) is -0.746. The van der Waals surface area contributed by atoms with Crippen molar-refractivity contribution in [1.82, 2.24) is 5.32 Å². The van der Waals surface area contributed by atoms with E-state index in [2.05, 4.69) is 5.32 Å². The molecule has 6 heteroatoms. The van der Waals surface area contributed by atoms with E-state index in [4.69, 9.17) is 4.42 Å². The van der Waals surface area contributed by atoms with Crippen molar-refractivity contribution in [2.45, 2.75) is 19.8 Å². The van der Waals surface area contributed by atoms with Gasteiger partial charge in [0.15, 0.2) is 0 Å². The Morgan fingerprint density at radius 3 is 2.69 bits per heavy atom. The number of amides is 2. The molecular weight excluding hydrogens is 325 g/mol. The maximum absolute atomic E-state index is 11.6. The summed E-state index contributed by atoms with van der Waals surface area (Å²) in [6.07, 6.45) is 0.494. The van der Waals surface area contributed by atoms with Gasteiger partial charge in [-0.05, 0) is 34.6 Å². The minimum Gasteiger partial charge on any atom is -0.426 e. The Balaban J connectivity index is 2.77. The van der Waals surface area contributed by atoms with Gasteiger partial charge in [0.05, 0.1) is 12.0 Å². The summed E-state index contributed by atoms with van der Waals surface area (Å²) < 4.78 is 5.37. The van der Waals surface area contributed by atoms with Gasteiger partial charge in [0.25, 0.3) is 5.91 Å². The molecule has 5 nitrogen and oxygen atoms in total. The van der Waals surface area contributed by atoms with Crippen LogP contribution in [0.1, 0.15) is 28.6 Å². The second kappa shape index (κ2) is 4.00. The standard InChI is InChI=1S/C10H8INO4/c1-2-4-7-5(16-10(15)8(4)11)3-6(13)12-9(7)14/h2-3H2,1H3,(H,12,13,14). The fourth-order valence-electron chi connectivity index (χ4n) is 1.71. The van der Waals surface area contributed by atoms with Crippen molar-refractivity contribution in [3.8, 4) is 0 Å². The topological polar surface area (TPSA) is 76.4 Å². The van der Waals surface area contributed by atoms with Gasteiger partial charge in [-0.3, -0.25) is 14.9 Å². The Hall–Kier alpha value is -1.18. The Labute approximate surface area is 104 Å². The molecule has 0 aliphatic carbocycles. The van der Waals surface area contributed by atoms with Crippen molar-refractivity contribution in [3.05, 3.63) is 30.9 Å². The van der Waals surface area contributed by atoms with Gasteiger partial charge < -0.3 is 4.42 Å². The van der Waals surface area contributed by atoms with Crippen molar-refractivity contribution in [2.24, 2.45) is 0 Å². The van der Waals surface area contributed by atoms with Gasteiger partial charge >= 0.3 is 5.63 Å². The van der Waals surface area contributed by atoms with Crippen molar-refractivity contribution < 1.29 is 14.0 Å². The van der Waals surface area contributed by atoms with E-state index < -0.39 is 17.4 Å². The fourth-order valence-corrected chi connectivity index (χ4v) is 2.47. The van der Waals surface area contributed by atoms with Gasteiger partial charge in [0, 0.05) is 0 Å². The van der Waals surface area contributed by atoms with Crippen LogP contribution in [-0.2, 0) is 17.6 Å². The molecule has 2 rings (SSSR count). The third-order valence-electron chi connectivity index (χ3n) is 2.40. The third-order valence-corrected chi connectivity index (χ3v) is 3.49. The predicted octanol–water partition coefficient (Wildman–Crippen LogP) is 0.619. The van der Waals surface area contributed by atoms with Crippen LogP contribution >= 0.6 is 22.6 Å². The van der Waals surface area contributed by atoms with E-state index in [0.717, 1.165) is 0 Å². The average molecular weight is 333 g/mol. The lowest BCUT2D eigenvalue weighted by molar-refractivity contribution is -0.120. The molecule has 0 atom stereocenters. The Kier molecular flexibility index (Phi) is 2.83. The van der Waals surface area contributed by atoms with Crippen LogP contribution in [0.15, 0.2) is 9.21 Å². The minimum atomic E-state index is -0.487. The highest BCUT2D eigenvalue weighted by Crippen LogP contribution is 2.21. The Morgan fingerprint density at radius 1 is 1.38 bits per heavy atom. The lowest BCUT2D eigenvalue weighted by Crippen LogP contribution is -2.39. The molecule has 0 bridgehead atoms. The lowest BCUT2D eigenvalue weighted by Gasteiger charge is -2.17. The van der Waals surface area contributed by atoms with Crippen LogP contribution in [0.25, 0.3) is 0 Å². The van der Waals surface area contributed by atoms with E-state index in [0.29, 0.717) is 21.1 Å². The summed E-state index contributed by atoms with van der Waals surface area (Å²) in [4.78, 5) is 34.2. The molecule has 1 aromatic rings. The molecule has 0 saturated carbocycles. The summed E-state index contributed by atoms with van der Waals surface area (Å²) >= 11 is 1.86. The minimum absolute atomic E-state index is 0.0553. The number of halogens is 1. The summed E-state index contributed by atoms with van der Waals surface area (Å²) in [6, 6.07) is 0. The maximum atomic E-state index is 11.6. The first kappa shape index (κ1) is 11.3. The Bertz CT molecular complexity index is 546. The molecule has 0 unspecified atom stereocenters. The quantitative estimate of drug-likeness (QED) is 0.604. The first-order valence-corrected chi connectivity index (χ1v) is 5.81. The van der Waals surface area contributed by atoms with E-state index >= 15 is 0 Å². The number of carbonyl (C=O) groups excluding carboxylic acids is 2. The molecule has 0 fully saturated rings. The number of hydrogen-bond acceptors (Lipinski definition) is 4. The maximum Gasteiger partial charge on any atom is 0.349 e. The Morgan fingerprint density at radius 2 is 2.06 bits per heavy atom. The molecule has 2 heterocycles.